The van der Waals surface area contributed by atoms with E-state index in [0.717, 1.165) is 11.4 Å². The Hall–Kier alpha value is -5.31. The first kappa shape index (κ1) is 26.1. The van der Waals surface area contributed by atoms with Gasteiger partial charge in [0.15, 0.2) is 0 Å². The predicted molar refractivity (Wildman–Crippen MR) is 188 cm³/mol. The molecule has 1 aliphatic heterocycles. The van der Waals surface area contributed by atoms with Crippen LogP contribution in [0.15, 0.2) is 180 Å². The topological polar surface area (TPSA) is 12.0 Å². The normalized spacial score (nSPS) is 13.4. The summed E-state index contributed by atoms with van der Waals surface area (Å²) in [4.78, 5) is 2.63. The van der Waals surface area contributed by atoms with E-state index in [1.54, 1.807) is 0 Å². The zero-order valence-corrected chi connectivity index (χ0v) is 25.4. The highest BCUT2D eigenvalue weighted by Crippen LogP contribution is 2.62. The molecule has 2 aliphatic rings. The Labute approximate surface area is 268 Å². The van der Waals surface area contributed by atoms with Gasteiger partial charge in [0.1, 0.15) is 0 Å². The number of anilines is 2. The van der Waals surface area contributed by atoms with Crippen LogP contribution in [-0.4, -0.2) is 0 Å². The first-order valence-electron chi connectivity index (χ1n) is 15.4. The van der Waals surface area contributed by atoms with Crippen LogP contribution in [-0.2, 0) is 5.41 Å². The summed E-state index contributed by atoms with van der Waals surface area (Å²) in [6, 6.07) is 61.9. The maximum atomic E-state index is 3.77. The molecule has 0 aromatic heterocycles. The molecule has 7 aromatic rings. The van der Waals surface area contributed by atoms with Crippen LogP contribution in [0.25, 0.3) is 33.4 Å². The molecule has 0 unspecified atom stereocenters. The van der Waals surface area contributed by atoms with Gasteiger partial charge in [-0.2, -0.15) is 0 Å². The summed E-state index contributed by atoms with van der Waals surface area (Å²) in [5.74, 6) is 0. The van der Waals surface area contributed by atoms with Crippen LogP contribution < -0.4 is 5.32 Å². The Balaban J connectivity index is 1.13. The number of nitrogens with one attached hydrogen (secondary N) is 1. The second kappa shape index (κ2) is 10.4. The molecular weight excluding hydrogens is 563 g/mol. The van der Waals surface area contributed by atoms with Crippen LogP contribution in [0.2, 0.25) is 0 Å². The minimum atomic E-state index is -0.371. The molecule has 0 atom stereocenters. The number of hydrogen-bond donors (Lipinski definition) is 1. The fourth-order valence-electron chi connectivity index (χ4n) is 7.36. The van der Waals surface area contributed by atoms with E-state index in [2.05, 4.69) is 175 Å². The van der Waals surface area contributed by atoms with Crippen LogP contribution in [0.4, 0.5) is 11.4 Å². The molecule has 0 amide bonds. The van der Waals surface area contributed by atoms with Crippen LogP contribution in [0, 0.1) is 0 Å². The van der Waals surface area contributed by atoms with E-state index in [9.17, 15) is 0 Å². The Morgan fingerprint density at radius 1 is 0.356 bits per heavy atom. The maximum Gasteiger partial charge on any atom is 0.0736 e. The third-order valence-corrected chi connectivity index (χ3v) is 10.5. The lowest BCUT2D eigenvalue weighted by atomic mass is 9.67. The molecule has 0 bridgehead atoms. The standard InChI is InChI=1S/C43H29NS/c1-2-11-29(12-3-1)30-21-23-31(24-22-30)32-13-10-14-33(27-32)44-34-25-26-42-40(28-34)43(39-19-8-9-20-41(39)45-42)37-17-6-4-15-35(37)36-16-5-7-18-38(36)43/h1-28,44H. The van der Waals surface area contributed by atoms with Gasteiger partial charge in [0, 0.05) is 21.2 Å². The Morgan fingerprint density at radius 3 is 1.62 bits per heavy atom. The van der Waals surface area contributed by atoms with Crippen molar-refractivity contribution in [1.29, 1.82) is 0 Å². The lowest BCUT2D eigenvalue weighted by molar-refractivity contribution is 0.723. The van der Waals surface area contributed by atoms with Crippen molar-refractivity contribution in [1.82, 2.24) is 0 Å². The third-order valence-electron chi connectivity index (χ3n) is 9.32. The molecule has 1 aliphatic carbocycles. The van der Waals surface area contributed by atoms with Gasteiger partial charge in [-0.1, -0.05) is 145 Å². The highest BCUT2D eigenvalue weighted by Gasteiger charge is 2.50. The first-order chi connectivity index (χ1) is 22.3. The van der Waals surface area contributed by atoms with E-state index in [-0.39, 0.29) is 5.41 Å². The van der Waals surface area contributed by atoms with Crippen LogP contribution in [0.3, 0.4) is 0 Å². The highest BCUT2D eigenvalue weighted by atomic mass is 32.2. The zero-order chi connectivity index (χ0) is 29.8. The van der Waals surface area contributed by atoms with Gasteiger partial charge in [0.2, 0.25) is 0 Å². The van der Waals surface area contributed by atoms with Crippen LogP contribution >= 0.6 is 11.8 Å². The van der Waals surface area contributed by atoms with Gasteiger partial charge in [0.05, 0.1) is 5.41 Å². The minimum Gasteiger partial charge on any atom is -0.355 e. The van der Waals surface area contributed by atoms with E-state index in [1.165, 1.54) is 65.4 Å². The molecule has 1 nitrogen and oxygen atoms in total. The van der Waals surface area contributed by atoms with Crippen molar-refractivity contribution < 1.29 is 0 Å². The van der Waals surface area contributed by atoms with Crippen molar-refractivity contribution in [2.24, 2.45) is 0 Å². The zero-order valence-electron chi connectivity index (χ0n) is 24.6. The fourth-order valence-corrected chi connectivity index (χ4v) is 8.54. The van der Waals surface area contributed by atoms with E-state index in [0.29, 0.717) is 0 Å². The number of fused-ring (bicyclic) bond motifs is 9. The third kappa shape index (κ3) is 4.10. The first-order valence-corrected chi connectivity index (χ1v) is 16.2. The molecule has 0 saturated heterocycles. The SMILES string of the molecule is c1ccc(-c2ccc(-c3cccc(Nc4ccc5c(c4)C4(c6ccccc6S5)c5ccccc5-c5ccccc54)c3)cc2)cc1. The summed E-state index contributed by atoms with van der Waals surface area (Å²) in [6.45, 7) is 0. The summed E-state index contributed by atoms with van der Waals surface area (Å²) in [7, 11) is 0. The minimum absolute atomic E-state index is 0.371. The Bertz CT molecular complexity index is 2170. The molecule has 212 valence electrons. The summed E-state index contributed by atoms with van der Waals surface area (Å²) in [5.41, 5.74) is 14.7. The molecule has 7 aromatic carbocycles. The van der Waals surface area contributed by atoms with Crippen molar-refractivity contribution in [3.63, 3.8) is 0 Å². The molecule has 2 heteroatoms. The molecule has 0 fully saturated rings. The molecule has 1 heterocycles. The Morgan fingerprint density at radius 2 is 0.889 bits per heavy atom. The van der Waals surface area contributed by atoms with Crippen molar-refractivity contribution in [3.8, 4) is 33.4 Å². The van der Waals surface area contributed by atoms with Gasteiger partial charge in [-0.05, 0) is 92.0 Å². The van der Waals surface area contributed by atoms with Crippen molar-refractivity contribution in [2.75, 3.05) is 5.32 Å². The van der Waals surface area contributed by atoms with Gasteiger partial charge in [0.25, 0.3) is 0 Å². The number of rotatable bonds is 4. The van der Waals surface area contributed by atoms with Crippen molar-refractivity contribution in [3.05, 3.63) is 192 Å². The predicted octanol–water partition coefficient (Wildman–Crippen LogP) is 11.6. The number of benzene rings is 7. The summed E-state index contributed by atoms with van der Waals surface area (Å²) in [5, 5.41) is 3.77. The van der Waals surface area contributed by atoms with Gasteiger partial charge in [-0.25, -0.2) is 0 Å². The Kier molecular flexibility index (Phi) is 6.04. The van der Waals surface area contributed by atoms with E-state index in [1.807, 2.05) is 11.8 Å². The lowest BCUT2D eigenvalue weighted by Crippen LogP contribution is -2.32. The second-order valence-electron chi connectivity index (χ2n) is 11.8. The molecule has 9 rings (SSSR count). The quantitative estimate of drug-likeness (QED) is 0.218. The average molecular weight is 592 g/mol. The molecule has 1 spiro atoms. The van der Waals surface area contributed by atoms with Crippen LogP contribution in [0.1, 0.15) is 22.3 Å². The molecular formula is C43H29NS. The monoisotopic (exact) mass is 591 g/mol. The van der Waals surface area contributed by atoms with E-state index >= 15 is 0 Å². The van der Waals surface area contributed by atoms with Gasteiger partial charge in [-0.15, -0.1) is 0 Å². The molecule has 1 N–H and O–H groups in total. The molecule has 0 saturated carbocycles. The largest absolute Gasteiger partial charge is 0.355 e. The van der Waals surface area contributed by atoms with Crippen LogP contribution in [0.5, 0.6) is 0 Å². The summed E-state index contributed by atoms with van der Waals surface area (Å²) in [6.07, 6.45) is 0. The highest BCUT2D eigenvalue weighted by molar-refractivity contribution is 7.99. The smallest absolute Gasteiger partial charge is 0.0736 e. The number of hydrogen-bond acceptors (Lipinski definition) is 2. The summed E-state index contributed by atoms with van der Waals surface area (Å²) >= 11 is 1.88. The van der Waals surface area contributed by atoms with Crippen molar-refractivity contribution >= 4 is 23.1 Å². The fraction of sp³-hybridized carbons (Fsp3) is 0.0233. The van der Waals surface area contributed by atoms with Gasteiger partial charge >= 0.3 is 0 Å². The maximum absolute atomic E-state index is 3.77. The summed E-state index contributed by atoms with van der Waals surface area (Å²) < 4.78 is 0. The lowest BCUT2D eigenvalue weighted by Gasteiger charge is -2.40. The molecule has 45 heavy (non-hydrogen) atoms. The second-order valence-corrected chi connectivity index (χ2v) is 12.9. The van der Waals surface area contributed by atoms with Crippen molar-refractivity contribution in [2.45, 2.75) is 15.2 Å². The van der Waals surface area contributed by atoms with Gasteiger partial charge < -0.3 is 5.32 Å². The molecule has 0 radical (unpaired) electrons. The average Bonchev–Trinajstić information content (AvgIpc) is 3.40. The van der Waals surface area contributed by atoms with E-state index < -0.39 is 0 Å². The van der Waals surface area contributed by atoms with Gasteiger partial charge in [-0.3, -0.25) is 0 Å². The van der Waals surface area contributed by atoms with E-state index in [4.69, 9.17) is 0 Å².